The van der Waals surface area contributed by atoms with Gasteiger partial charge in [-0.25, -0.2) is 0 Å². The molecule has 150 valence electrons. The Kier molecular flexibility index (Phi) is 7.18. The molecule has 0 heterocycles. The Balaban J connectivity index is 1.76. The first-order chi connectivity index (χ1) is 14.1. The quantitative estimate of drug-likeness (QED) is 0.415. The third kappa shape index (κ3) is 5.11. The van der Waals surface area contributed by atoms with Crippen LogP contribution in [-0.2, 0) is 0 Å². The van der Waals surface area contributed by atoms with Gasteiger partial charge in [-0.05, 0) is 41.8 Å². The Hall–Kier alpha value is -2.94. The Bertz CT molecular complexity index is 967. The van der Waals surface area contributed by atoms with Crippen molar-refractivity contribution < 1.29 is 9.59 Å². The molecule has 29 heavy (non-hydrogen) atoms. The number of ketones is 1. The van der Waals surface area contributed by atoms with Crippen LogP contribution in [0, 0.1) is 0 Å². The molecule has 0 saturated heterocycles. The van der Waals surface area contributed by atoms with E-state index >= 15 is 0 Å². The van der Waals surface area contributed by atoms with E-state index in [4.69, 9.17) is 0 Å². The standard InChI is InChI=1S/C26H29NO2/c1-3-5-17-27(18-6-4-2)26(29)22-14-12-21(13-15-22)25(28)24-16-11-20-9-7-8-10-23(20)19-24/h7-16,19H,3-6,17-18H2,1-2H3. The molecule has 3 rings (SSSR count). The lowest BCUT2D eigenvalue weighted by molar-refractivity contribution is 0.0750. The van der Waals surface area contributed by atoms with Crippen LogP contribution in [0.2, 0.25) is 0 Å². The Labute approximate surface area is 173 Å². The molecule has 0 aliphatic heterocycles. The van der Waals surface area contributed by atoms with Crippen molar-refractivity contribution >= 4 is 22.5 Å². The molecule has 0 unspecified atom stereocenters. The lowest BCUT2D eigenvalue weighted by Gasteiger charge is -2.22. The number of amides is 1. The topological polar surface area (TPSA) is 37.4 Å². The number of carbonyl (C=O) groups excluding carboxylic acids is 2. The third-order valence-corrected chi connectivity index (χ3v) is 5.26. The van der Waals surface area contributed by atoms with Crippen LogP contribution < -0.4 is 0 Å². The maximum Gasteiger partial charge on any atom is 0.253 e. The molecule has 0 radical (unpaired) electrons. The molecule has 0 N–H and O–H groups in total. The van der Waals surface area contributed by atoms with Gasteiger partial charge in [0.05, 0.1) is 0 Å². The molecule has 0 fully saturated rings. The van der Waals surface area contributed by atoms with Crippen LogP contribution in [-0.4, -0.2) is 29.7 Å². The average Bonchev–Trinajstić information content (AvgIpc) is 2.78. The molecule has 0 aliphatic rings. The van der Waals surface area contributed by atoms with E-state index in [0.717, 1.165) is 49.5 Å². The van der Waals surface area contributed by atoms with E-state index in [0.29, 0.717) is 16.7 Å². The molecule has 0 aromatic heterocycles. The molecule has 3 aromatic carbocycles. The van der Waals surface area contributed by atoms with E-state index in [1.807, 2.05) is 47.4 Å². The van der Waals surface area contributed by atoms with Crippen LogP contribution >= 0.6 is 0 Å². The summed E-state index contributed by atoms with van der Waals surface area (Å²) < 4.78 is 0. The molecule has 0 bridgehead atoms. The highest BCUT2D eigenvalue weighted by molar-refractivity contribution is 6.11. The Morgan fingerprint density at radius 2 is 1.24 bits per heavy atom. The van der Waals surface area contributed by atoms with Crippen LogP contribution in [0.5, 0.6) is 0 Å². The second-order valence-electron chi connectivity index (χ2n) is 7.47. The molecule has 0 spiro atoms. The van der Waals surface area contributed by atoms with Crippen molar-refractivity contribution in [3.8, 4) is 0 Å². The van der Waals surface area contributed by atoms with Gasteiger partial charge in [0.15, 0.2) is 5.78 Å². The lowest BCUT2D eigenvalue weighted by atomic mass is 9.99. The van der Waals surface area contributed by atoms with Gasteiger partial charge < -0.3 is 4.90 Å². The predicted octanol–water partition coefficient (Wildman–Crippen LogP) is 6.11. The number of fused-ring (bicyclic) bond motifs is 1. The molecular formula is C26H29NO2. The van der Waals surface area contributed by atoms with E-state index in [-0.39, 0.29) is 11.7 Å². The molecular weight excluding hydrogens is 358 g/mol. The van der Waals surface area contributed by atoms with Gasteiger partial charge in [-0.2, -0.15) is 0 Å². The van der Waals surface area contributed by atoms with Crippen molar-refractivity contribution in [2.24, 2.45) is 0 Å². The zero-order valence-corrected chi connectivity index (χ0v) is 17.4. The molecule has 0 atom stereocenters. The van der Waals surface area contributed by atoms with E-state index in [2.05, 4.69) is 13.8 Å². The highest BCUT2D eigenvalue weighted by atomic mass is 16.2. The molecule has 0 aliphatic carbocycles. The maximum absolute atomic E-state index is 12.9. The number of rotatable bonds is 9. The van der Waals surface area contributed by atoms with Crippen molar-refractivity contribution in [2.75, 3.05) is 13.1 Å². The van der Waals surface area contributed by atoms with Gasteiger partial charge in [0.1, 0.15) is 0 Å². The monoisotopic (exact) mass is 387 g/mol. The minimum absolute atomic E-state index is 0.0245. The number of carbonyl (C=O) groups is 2. The van der Waals surface area contributed by atoms with Gasteiger partial charge in [-0.3, -0.25) is 9.59 Å². The number of benzene rings is 3. The minimum Gasteiger partial charge on any atom is -0.339 e. The summed E-state index contributed by atoms with van der Waals surface area (Å²) >= 11 is 0. The highest BCUT2D eigenvalue weighted by Gasteiger charge is 2.16. The predicted molar refractivity (Wildman–Crippen MR) is 120 cm³/mol. The fourth-order valence-electron chi connectivity index (χ4n) is 3.46. The molecule has 0 saturated carbocycles. The molecule has 3 nitrogen and oxygen atoms in total. The van der Waals surface area contributed by atoms with Gasteiger partial charge >= 0.3 is 0 Å². The zero-order valence-electron chi connectivity index (χ0n) is 17.4. The SMILES string of the molecule is CCCCN(CCCC)C(=O)c1ccc(C(=O)c2ccc3ccccc3c2)cc1. The fraction of sp³-hybridized carbons (Fsp3) is 0.308. The van der Waals surface area contributed by atoms with Crippen LogP contribution in [0.1, 0.15) is 65.8 Å². The van der Waals surface area contributed by atoms with Crippen molar-refractivity contribution in [1.29, 1.82) is 0 Å². The summed E-state index contributed by atoms with van der Waals surface area (Å²) in [5, 5.41) is 2.16. The van der Waals surface area contributed by atoms with Crippen molar-refractivity contribution in [3.05, 3.63) is 83.4 Å². The summed E-state index contributed by atoms with van der Waals surface area (Å²) in [6.07, 6.45) is 4.15. The first-order valence-corrected chi connectivity index (χ1v) is 10.6. The summed E-state index contributed by atoms with van der Waals surface area (Å²) in [5.74, 6) is 0.0279. The summed E-state index contributed by atoms with van der Waals surface area (Å²) in [6.45, 7) is 5.84. The summed E-state index contributed by atoms with van der Waals surface area (Å²) in [6, 6.07) is 20.9. The van der Waals surface area contributed by atoms with E-state index < -0.39 is 0 Å². The highest BCUT2D eigenvalue weighted by Crippen LogP contribution is 2.19. The van der Waals surface area contributed by atoms with E-state index in [1.165, 1.54) is 0 Å². The second-order valence-corrected chi connectivity index (χ2v) is 7.47. The van der Waals surface area contributed by atoms with Gasteiger partial charge in [-0.15, -0.1) is 0 Å². The summed E-state index contributed by atoms with van der Waals surface area (Å²) in [4.78, 5) is 27.7. The minimum atomic E-state index is -0.0245. The number of nitrogens with zero attached hydrogens (tertiary/aromatic N) is 1. The second kappa shape index (κ2) is 10.0. The largest absolute Gasteiger partial charge is 0.339 e. The van der Waals surface area contributed by atoms with Crippen LogP contribution in [0.4, 0.5) is 0 Å². The van der Waals surface area contributed by atoms with Crippen LogP contribution in [0.15, 0.2) is 66.7 Å². The van der Waals surface area contributed by atoms with E-state index in [9.17, 15) is 9.59 Å². The maximum atomic E-state index is 12.9. The number of hydrogen-bond donors (Lipinski definition) is 0. The van der Waals surface area contributed by atoms with Gasteiger partial charge in [-0.1, -0.05) is 75.2 Å². The number of hydrogen-bond acceptors (Lipinski definition) is 2. The Morgan fingerprint density at radius 3 is 1.86 bits per heavy atom. The van der Waals surface area contributed by atoms with E-state index in [1.54, 1.807) is 24.3 Å². The summed E-state index contributed by atoms with van der Waals surface area (Å²) in [5.41, 5.74) is 1.91. The van der Waals surface area contributed by atoms with Gasteiger partial charge in [0.2, 0.25) is 0 Å². The smallest absolute Gasteiger partial charge is 0.253 e. The summed E-state index contributed by atoms with van der Waals surface area (Å²) in [7, 11) is 0. The van der Waals surface area contributed by atoms with Crippen molar-refractivity contribution in [2.45, 2.75) is 39.5 Å². The first kappa shape index (κ1) is 20.8. The zero-order chi connectivity index (χ0) is 20.6. The van der Waals surface area contributed by atoms with Crippen LogP contribution in [0.25, 0.3) is 10.8 Å². The molecule has 1 amide bonds. The lowest BCUT2D eigenvalue weighted by Crippen LogP contribution is -2.32. The van der Waals surface area contributed by atoms with Gasteiger partial charge in [0.25, 0.3) is 5.91 Å². The van der Waals surface area contributed by atoms with Gasteiger partial charge in [0, 0.05) is 29.8 Å². The Morgan fingerprint density at radius 1 is 0.690 bits per heavy atom. The third-order valence-electron chi connectivity index (χ3n) is 5.26. The van der Waals surface area contributed by atoms with Crippen molar-refractivity contribution in [1.82, 2.24) is 4.90 Å². The molecule has 3 aromatic rings. The molecule has 3 heteroatoms. The average molecular weight is 388 g/mol. The fourth-order valence-corrected chi connectivity index (χ4v) is 3.46. The number of unbranched alkanes of at least 4 members (excludes halogenated alkanes) is 2. The first-order valence-electron chi connectivity index (χ1n) is 10.6. The van der Waals surface area contributed by atoms with Crippen LogP contribution in [0.3, 0.4) is 0 Å². The van der Waals surface area contributed by atoms with Crippen molar-refractivity contribution in [3.63, 3.8) is 0 Å². The normalized spacial score (nSPS) is 10.8.